The van der Waals surface area contributed by atoms with Crippen molar-refractivity contribution in [3.63, 3.8) is 0 Å². The second-order valence-corrected chi connectivity index (χ2v) is 6.38. The van der Waals surface area contributed by atoms with Crippen molar-refractivity contribution in [2.24, 2.45) is 0 Å². The first-order chi connectivity index (χ1) is 13.8. The van der Waals surface area contributed by atoms with Crippen LogP contribution in [0.2, 0.25) is 0 Å². The van der Waals surface area contributed by atoms with Crippen molar-refractivity contribution >= 4 is 11.5 Å². The van der Waals surface area contributed by atoms with Gasteiger partial charge in [0.15, 0.2) is 11.6 Å². The van der Waals surface area contributed by atoms with Gasteiger partial charge in [0.2, 0.25) is 0 Å². The molecular formula is C21H23N7. The summed E-state index contributed by atoms with van der Waals surface area (Å²) in [4.78, 5) is 4.62. The molecule has 0 saturated carbocycles. The van der Waals surface area contributed by atoms with Crippen LogP contribution < -0.4 is 10.6 Å². The van der Waals surface area contributed by atoms with Gasteiger partial charge in [-0.05, 0) is 31.5 Å². The third-order valence-corrected chi connectivity index (χ3v) is 4.45. The Balaban J connectivity index is 1.68. The number of benzene rings is 2. The van der Waals surface area contributed by atoms with Gasteiger partial charge in [-0.3, -0.25) is 5.10 Å². The lowest BCUT2D eigenvalue weighted by Gasteiger charge is -2.10. The molecule has 0 aliphatic heterocycles. The zero-order valence-electron chi connectivity index (χ0n) is 16.0. The first-order valence-corrected chi connectivity index (χ1v) is 9.34. The number of aryl methyl sites for hydroxylation is 2. The third-order valence-electron chi connectivity index (χ3n) is 4.45. The molecule has 0 unspecified atom stereocenters. The molecule has 2 aromatic heterocycles. The van der Waals surface area contributed by atoms with Gasteiger partial charge in [-0.1, -0.05) is 48.5 Å². The second-order valence-electron chi connectivity index (χ2n) is 6.38. The number of hydrogen-bond donors (Lipinski definition) is 3. The molecule has 0 atom stereocenters. The number of rotatable bonds is 7. The Morgan fingerprint density at radius 2 is 1.68 bits per heavy atom. The highest BCUT2D eigenvalue weighted by Gasteiger charge is 2.21. The van der Waals surface area contributed by atoms with Gasteiger partial charge in [0.1, 0.15) is 11.5 Å². The zero-order valence-corrected chi connectivity index (χ0v) is 16.0. The van der Waals surface area contributed by atoms with E-state index in [9.17, 15) is 0 Å². The molecule has 4 aromatic rings. The van der Waals surface area contributed by atoms with E-state index in [0.717, 1.165) is 46.5 Å². The van der Waals surface area contributed by atoms with Crippen molar-refractivity contribution < 1.29 is 0 Å². The van der Waals surface area contributed by atoms with Gasteiger partial charge < -0.3 is 10.6 Å². The van der Waals surface area contributed by atoms with E-state index in [1.807, 2.05) is 60.1 Å². The summed E-state index contributed by atoms with van der Waals surface area (Å²) in [6.07, 6.45) is 0. The Bertz CT molecular complexity index is 1040. The molecule has 0 amide bonds. The van der Waals surface area contributed by atoms with Crippen molar-refractivity contribution in [3.8, 4) is 22.6 Å². The van der Waals surface area contributed by atoms with E-state index in [-0.39, 0.29) is 0 Å². The van der Waals surface area contributed by atoms with Crippen LogP contribution in [-0.2, 0) is 6.54 Å². The van der Waals surface area contributed by atoms with Gasteiger partial charge in [0.05, 0.1) is 12.2 Å². The van der Waals surface area contributed by atoms with Crippen LogP contribution in [0.5, 0.6) is 0 Å². The van der Waals surface area contributed by atoms with Gasteiger partial charge >= 0.3 is 0 Å². The smallest absolute Gasteiger partial charge is 0.177 e. The number of aromatic nitrogens is 5. The van der Waals surface area contributed by atoms with Gasteiger partial charge in [-0.25, -0.2) is 9.67 Å². The average molecular weight is 373 g/mol. The fourth-order valence-corrected chi connectivity index (χ4v) is 3.16. The minimum atomic E-state index is 0.549. The number of nitrogens with zero attached hydrogens (tertiary/aromatic N) is 4. The Morgan fingerprint density at radius 3 is 2.39 bits per heavy atom. The highest BCUT2D eigenvalue weighted by Crippen LogP contribution is 2.35. The van der Waals surface area contributed by atoms with Crippen LogP contribution in [0.15, 0.2) is 60.7 Å². The van der Waals surface area contributed by atoms with Crippen LogP contribution >= 0.6 is 0 Å². The molecule has 7 nitrogen and oxygen atoms in total. The van der Waals surface area contributed by atoms with E-state index in [4.69, 9.17) is 0 Å². The van der Waals surface area contributed by atoms with Crippen LogP contribution in [0, 0.1) is 6.92 Å². The minimum Gasteiger partial charge on any atom is -0.368 e. The molecule has 0 spiro atoms. The van der Waals surface area contributed by atoms with E-state index >= 15 is 0 Å². The second kappa shape index (κ2) is 7.96. The van der Waals surface area contributed by atoms with Crippen molar-refractivity contribution in [1.82, 2.24) is 25.0 Å². The minimum absolute atomic E-state index is 0.549. The molecule has 0 aliphatic rings. The van der Waals surface area contributed by atoms with E-state index in [1.165, 1.54) is 0 Å². The SMILES string of the molecule is CCn1nc(C)nc1-c1[nH]nc(NCNc2ccccc2)c1-c1ccccc1. The predicted molar refractivity (Wildman–Crippen MR) is 112 cm³/mol. The van der Waals surface area contributed by atoms with Crippen molar-refractivity contribution in [2.75, 3.05) is 17.3 Å². The van der Waals surface area contributed by atoms with E-state index in [2.05, 4.69) is 50.0 Å². The molecule has 0 radical (unpaired) electrons. The van der Waals surface area contributed by atoms with Crippen molar-refractivity contribution in [1.29, 1.82) is 0 Å². The first-order valence-electron chi connectivity index (χ1n) is 9.34. The van der Waals surface area contributed by atoms with Crippen molar-refractivity contribution in [3.05, 3.63) is 66.5 Å². The predicted octanol–water partition coefficient (Wildman–Crippen LogP) is 4.15. The number of aromatic amines is 1. The van der Waals surface area contributed by atoms with Gasteiger partial charge in [-0.2, -0.15) is 10.2 Å². The Morgan fingerprint density at radius 1 is 0.964 bits per heavy atom. The molecular weight excluding hydrogens is 350 g/mol. The Kier molecular flexibility index (Phi) is 5.05. The molecule has 4 rings (SSSR count). The monoisotopic (exact) mass is 373 g/mol. The third kappa shape index (κ3) is 3.59. The fraction of sp³-hybridized carbons (Fsp3) is 0.190. The number of hydrogen-bond acceptors (Lipinski definition) is 5. The molecule has 0 bridgehead atoms. The highest BCUT2D eigenvalue weighted by atomic mass is 15.4. The summed E-state index contributed by atoms with van der Waals surface area (Å²) < 4.78 is 1.89. The maximum absolute atomic E-state index is 4.62. The molecule has 0 fully saturated rings. The van der Waals surface area contributed by atoms with E-state index < -0.39 is 0 Å². The molecule has 142 valence electrons. The topological polar surface area (TPSA) is 83.5 Å². The summed E-state index contributed by atoms with van der Waals surface area (Å²) in [5, 5.41) is 18.9. The lowest BCUT2D eigenvalue weighted by molar-refractivity contribution is 0.658. The summed E-state index contributed by atoms with van der Waals surface area (Å²) in [5.74, 6) is 2.30. The van der Waals surface area contributed by atoms with Crippen molar-refractivity contribution in [2.45, 2.75) is 20.4 Å². The summed E-state index contributed by atoms with van der Waals surface area (Å²) in [6, 6.07) is 20.3. The summed E-state index contributed by atoms with van der Waals surface area (Å²) in [6.45, 7) is 5.24. The Labute approximate surface area is 163 Å². The molecule has 2 aromatic carbocycles. The zero-order chi connectivity index (χ0) is 19.3. The summed E-state index contributed by atoms with van der Waals surface area (Å²) >= 11 is 0. The quantitative estimate of drug-likeness (QED) is 0.424. The largest absolute Gasteiger partial charge is 0.368 e. The average Bonchev–Trinajstić information content (AvgIpc) is 3.32. The van der Waals surface area contributed by atoms with Crippen LogP contribution in [0.3, 0.4) is 0 Å². The molecule has 0 aliphatic carbocycles. The van der Waals surface area contributed by atoms with E-state index in [1.54, 1.807) is 0 Å². The Hall–Kier alpha value is -3.61. The van der Waals surface area contributed by atoms with Crippen LogP contribution in [0.25, 0.3) is 22.6 Å². The molecule has 3 N–H and O–H groups in total. The van der Waals surface area contributed by atoms with Crippen LogP contribution in [0.4, 0.5) is 11.5 Å². The molecule has 2 heterocycles. The number of nitrogens with one attached hydrogen (secondary N) is 3. The fourth-order valence-electron chi connectivity index (χ4n) is 3.16. The highest BCUT2D eigenvalue weighted by molar-refractivity contribution is 5.86. The maximum atomic E-state index is 4.62. The van der Waals surface area contributed by atoms with Gasteiger partial charge in [0, 0.05) is 12.2 Å². The lowest BCUT2D eigenvalue weighted by atomic mass is 10.0. The lowest BCUT2D eigenvalue weighted by Crippen LogP contribution is -2.12. The summed E-state index contributed by atoms with van der Waals surface area (Å²) in [7, 11) is 0. The summed E-state index contributed by atoms with van der Waals surface area (Å²) in [5.41, 5.74) is 3.96. The number of anilines is 2. The molecule has 28 heavy (non-hydrogen) atoms. The standard InChI is InChI=1S/C21H23N7/c1-3-28-21(24-15(2)27-28)19-18(16-10-6-4-7-11-16)20(26-25-19)23-14-22-17-12-8-5-9-13-17/h4-13,22H,3,14H2,1-2H3,(H2,23,25,26). The molecule has 0 saturated heterocycles. The number of para-hydroxylation sites is 1. The van der Waals surface area contributed by atoms with Gasteiger partial charge in [-0.15, -0.1) is 0 Å². The number of H-pyrrole nitrogens is 1. The molecule has 7 heteroatoms. The first kappa shape index (κ1) is 17.8. The van der Waals surface area contributed by atoms with E-state index in [0.29, 0.717) is 6.67 Å². The van der Waals surface area contributed by atoms with Gasteiger partial charge in [0.25, 0.3) is 0 Å². The van der Waals surface area contributed by atoms with Crippen LogP contribution in [-0.4, -0.2) is 31.6 Å². The van der Waals surface area contributed by atoms with Crippen LogP contribution in [0.1, 0.15) is 12.7 Å². The maximum Gasteiger partial charge on any atom is 0.177 e. The normalized spacial score (nSPS) is 10.8.